The van der Waals surface area contributed by atoms with E-state index in [0.717, 1.165) is 6.42 Å². The van der Waals surface area contributed by atoms with Crippen LogP contribution in [0.1, 0.15) is 20.3 Å². The molecule has 0 heterocycles. The lowest BCUT2D eigenvalue weighted by Gasteiger charge is -2.04. The fourth-order valence-corrected chi connectivity index (χ4v) is 0.505. The predicted octanol–water partition coefficient (Wildman–Crippen LogP) is 1.06. The van der Waals surface area contributed by atoms with Gasteiger partial charge in [0, 0.05) is 5.57 Å². The van der Waals surface area contributed by atoms with Crippen molar-refractivity contribution in [1.29, 1.82) is 0 Å². The molecule has 0 amide bonds. The van der Waals surface area contributed by atoms with Crippen LogP contribution in [0, 0.1) is 0 Å². The molecule has 0 aromatic rings. The molecule has 4 nitrogen and oxygen atoms in total. The number of rotatable bonds is 5. The molecule has 0 saturated heterocycles. The van der Waals surface area contributed by atoms with Gasteiger partial charge < -0.3 is 9.47 Å². The van der Waals surface area contributed by atoms with E-state index in [-0.39, 0.29) is 12.2 Å². The topological polar surface area (TPSA) is 52.6 Å². The molecule has 0 saturated carbocycles. The second-order valence-corrected chi connectivity index (χ2v) is 2.58. The standard InChI is InChI=1S/C9H14O4/c1-4-5-12-8(10)6-13-9(11)7(2)3/h2,4-6H2,1,3H3. The van der Waals surface area contributed by atoms with Gasteiger partial charge in [-0.25, -0.2) is 9.59 Å². The fourth-order valence-electron chi connectivity index (χ4n) is 0.505. The van der Waals surface area contributed by atoms with E-state index in [0.29, 0.717) is 6.61 Å². The highest BCUT2D eigenvalue weighted by Crippen LogP contribution is 1.92. The van der Waals surface area contributed by atoms with Crippen molar-refractivity contribution in [3.8, 4) is 0 Å². The Hall–Kier alpha value is -1.32. The first kappa shape index (κ1) is 11.7. The minimum absolute atomic E-state index is 0.267. The normalized spacial score (nSPS) is 9.08. The number of carbonyl (C=O) groups is 2. The maximum absolute atomic E-state index is 10.8. The summed E-state index contributed by atoms with van der Waals surface area (Å²) >= 11 is 0. The average molecular weight is 186 g/mol. The van der Waals surface area contributed by atoms with Gasteiger partial charge in [-0.1, -0.05) is 13.5 Å². The van der Waals surface area contributed by atoms with E-state index in [1.807, 2.05) is 6.92 Å². The van der Waals surface area contributed by atoms with E-state index in [1.165, 1.54) is 6.92 Å². The Morgan fingerprint density at radius 1 is 1.31 bits per heavy atom. The third-order valence-electron chi connectivity index (χ3n) is 1.14. The maximum atomic E-state index is 10.8. The second-order valence-electron chi connectivity index (χ2n) is 2.58. The highest BCUT2D eigenvalue weighted by atomic mass is 16.6. The van der Waals surface area contributed by atoms with E-state index < -0.39 is 11.9 Å². The molecule has 74 valence electrons. The molecule has 0 fully saturated rings. The Morgan fingerprint density at radius 2 is 1.92 bits per heavy atom. The summed E-state index contributed by atoms with van der Waals surface area (Å²) in [5.41, 5.74) is 0.267. The molecule has 0 unspecified atom stereocenters. The first-order valence-electron chi connectivity index (χ1n) is 4.06. The molecule has 0 bridgehead atoms. The molecule has 0 atom stereocenters. The van der Waals surface area contributed by atoms with Gasteiger partial charge in [-0.3, -0.25) is 0 Å². The van der Waals surface area contributed by atoms with Crippen molar-refractivity contribution in [3.63, 3.8) is 0 Å². The smallest absolute Gasteiger partial charge is 0.344 e. The van der Waals surface area contributed by atoms with Crippen molar-refractivity contribution in [2.45, 2.75) is 20.3 Å². The van der Waals surface area contributed by atoms with Crippen molar-refractivity contribution < 1.29 is 19.1 Å². The van der Waals surface area contributed by atoms with E-state index >= 15 is 0 Å². The molecule has 0 aliphatic carbocycles. The van der Waals surface area contributed by atoms with Crippen LogP contribution in [0.25, 0.3) is 0 Å². The maximum Gasteiger partial charge on any atom is 0.344 e. The third-order valence-corrected chi connectivity index (χ3v) is 1.14. The van der Waals surface area contributed by atoms with Crippen LogP contribution < -0.4 is 0 Å². The van der Waals surface area contributed by atoms with Crippen LogP contribution in [0.3, 0.4) is 0 Å². The number of hydrogen-bond acceptors (Lipinski definition) is 4. The highest BCUT2D eigenvalue weighted by molar-refractivity contribution is 5.88. The Kier molecular flexibility index (Phi) is 5.59. The summed E-state index contributed by atoms with van der Waals surface area (Å²) in [4.78, 5) is 21.6. The molecule has 0 aromatic heterocycles. The average Bonchev–Trinajstić information content (AvgIpc) is 2.10. The second kappa shape index (κ2) is 6.22. The lowest BCUT2D eigenvalue weighted by Crippen LogP contribution is -2.16. The molecule has 4 heteroatoms. The summed E-state index contributed by atoms with van der Waals surface area (Å²) in [5, 5.41) is 0. The summed E-state index contributed by atoms with van der Waals surface area (Å²) in [6.07, 6.45) is 0.750. The Morgan fingerprint density at radius 3 is 2.38 bits per heavy atom. The molecule has 13 heavy (non-hydrogen) atoms. The van der Waals surface area contributed by atoms with Gasteiger partial charge in [0.15, 0.2) is 6.61 Å². The van der Waals surface area contributed by atoms with E-state index in [1.54, 1.807) is 0 Å². The minimum atomic E-state index is -0.576. The minimum Gasteiger partial charge on any atom is -0.463 e. The zero-order valence-electron chi connectivity index (χ0n) is 7.96. The van der Waals surface area contributed by atoms with Gasteiger partial charge in [0.1, 0.15) is 0 Å². The largest absolute Gasteiger partial charge is 0.463 e. The van der Waals surface area contributed by atoms with Crippen molar-refractivity contribution in [2.24, 2.45) is 0 Å². The van der Waals surface area contributed by atoms with Crippen LogP contribution in [-0.4, -0.2) is 25.2 Å². The quantitative estimate of drug-likeness (QED) is 0.476. The third kappa shape index (κ3) is 5.90. The van der Waals surface area contributed by atoms with E-state index in [4.69, 9.17) is 0 Å². The van der Waals surface area contributed by atoms with Gasteiger partial charge in [0.25, 0.3) is 0 Å². The van der Waals surface area contributed by atoms with Crippen molar-refractivity contribution in [3.05, 3.63) is 12.2 Å². The lowest BCUT2D eigenvalue weighted by molar-refractivity contribution is -0.156. The van der Waals surface area contributed by atoms with Gasteiger partial charge in [-0.05, 0) is 13.3 Å². The first-order valence-corrected chi connectivity index (χ1v) is 4.06. The molecule has 0 radical (unpaired) electrons. The zero-order chi connectivity index (χ0) is 10.3. The van der Waals surface area contributed by atoms with Crippen LogP contribution in [-0.2, 0) is 19.1 Å². The van der Waals surface area contributed by atoms with Gasteiger partial charge in [0.05, 0.1) is 6.61 Å². The fraction of sp³-hybridized carbons (Fsp3) is 0.556. The first-order chi connectivity index (χ1) is 6.07. The summed E-state index contributed by atoms with van der Waals surface area (Å²) in [7, 11) is 0. The van der Waals surface area contributed by atoms with Gasteiger partial charge in [-0.15, -0.1) is 0 Å². The predicted molar refractivity (Wildman–Crippen MR) is 47.0 cm³/mol. The summed E-state index contributed by atoms with van der Waals surface area (Å²) in [6.45, 7) is 6.77. The van der Waals surface area contributed by atoms with Crippen molar-refractivity contribution >= 4 is 11.9 Å². The molecule has 0 aromatic carbocycles. The lowest BCUT2D eigenvalue weighted by atomic mass is 10.4. The van der Waals surface area contributed by atoms with Gasteiger partial charge in [-0.2, -0.15) is 0 Å². The Balaban J connectivity index is 3.58. The summed E-state index contributed by atoms with van der Waals surface area (Å²) < 4.78 is 9.22. The Labute approximate surface area is 77.5 Å². The van der Waals surface area contributed by atoms with Gasteiger partial charge >= 0.3 is 11.9 Å². The van der Waals surface area contributed by atoms with Crippen LogP contribution in [0.2, 0.25) is 0 Å². The molecular weight excluding hydrogens is 172 g/mol. The van der Waals surface area contributed by atoms with E-state index in [2.05, 4.69) is 16.1 Å². The van der Waals surface area contributed by atoms with Crippen LogP contribution in [0.5, 0.6) is 0 Å². The number of hydrogen-bond donors (Lipinski definition) is 0. The highest BCUT2D eigenvalue weighted by Gasteiger charge is 2.07. The SMILES string of the molecule is C=C(C)C(=O)OCC(=O)OCCC. The summed E-state index contributed by atoms with van der Waals surface area (Å²) in [5.74, 6) is -1.11. The molecule has 0 aliphatic heterocycles. The molecule has 0 spiro atoms. The van der Waals surface area contributed by atoms with E-state index in [9.17, 15) is 9.59 Å². The number of esters is 2. The van der Waals surface area contributed by atoms with Crippen LogP contribution in [0.4, 0.5) is 0 Å². The molecule has 0 N–H and O–H groups in total. The van der Waals surface area contributed by atoms with Crippen LogP contribution >= 0.6 is 0 Å². The molecule has 0 aliphatic rings. The van der Waals surface area contributed by atoms with Crippen LogP contribution in [0.15, 0.2) is 12.2 Å². The zero-order valence-corrected chi connectivity index (χ0v) is 7.96. The Bertz CT molecular complexity index is 208. The molecule has 0 rings (SSSR count). The summed E-state index contributed by atoms with van der Waals surface area (Å²) in [6, 6.07) is 0. The molecular formula is C9H14O4. The number of ether oxygens (including phenoxy) is 2. The van der Waals surface area contributed by atoms with Crippen molar-refractivity contribution in [2.75, 3.05) is 13.2 Å². The van der Waals surface area contributed by atoms with Crippen molar-refractivity contribution in [1.82, 2.24) is 0 Å². The van der Waals surface area contributed by atoms with Gasteiger partial charge in [0.2, 0.25) is 0 Å². The monoisotopic (exact) mass is 186 g/mol. The number of carbonyl (C=O) groups excluding carboxylic acids is 2.